The van der Waals surface area contributed by atoms with E-state index in [2.05, 4.69) is 0 Å². The highest BCUT2D eigenvalue weighted by molar-refractivity contribution is 5.78. The zero-order valence-electron chi connectivity index (χ0n) is 11.9. The van der Waals surface area contributed by atoms with Crippen molar-refractivity contribution in [1.29, 1.82) is 0 Å². The first-order valence-electron chi connectivity index (χ1n) is 6.69. The van der Waals surface area contributed by atoms with Crippen molar-refractivity contribution < 1.29 is 13.9 Å². The monoisotopic (exact) mass is 285 g/mol. The van der Waals surface area contributed by atoms with E-state index in [1.165, 1.54) is 6.07 Å². The Bertz CT molecular complexity index is 779. The van der Waals surface area contributed by atoms with Crippen molar-refractivity contribution in [3.05, 3.63) is 65.7 Å². The lowest BCUT2D eigenvalue weighted by Gasteiger charge is -2.15. The minimum absolute atomic E-state index is 0.176. The van der Waals surface area contributed by atoms with Crippen LogP contribution >= 0.6 is 0 Å². The Kier molecular flexibility index (Phi) is 3.39. The summed E-state index contributed by atoms with van der Waals surface area (Å²) < 4.78 is 19.1. The summed E-state index contributed by atoms with van der Waals surface area (Å²) in [5.74, 6) is -0.0843. The first-order chi connectivity index (χ1) is 10.1. The Morgan fingerprint density at radius 3 is 2.57 bits per heavy atom. The van der Waals surface area contributed by atoms with Crippen molar-refractivity contribution in [2.75, 3.05) is 19.0 Å². The lowest BCUT2D eigenvalue weighted by atomic mass is 10.1. The van der Waals surface area contributed by atoms with Gasteiger partial charge in [0.25, 0.3) is 0 Å². The molecule has 0 aliphatic carbocycles. The number of furan rings is 1. The number of hydrogen-bond donors (Lipinski definition) is 1. The van der Waals surface area contributed by atoms with Gasteiger partial charge in [-0.25, -0.2) is 4.39 Å². The van der Waals surface area contributed by atoms with Gasteiger partial charge in [0.15, 0.2) is 11.4 Å². The molecule has 0 aliphatic heterocycles. The summed E-state index contributed by atoms with van der Waals surface area (Å²) in [4.78, 5) is 1.95. The van der Waals surface area contributed by atoms with Gasteiger partial charge in [-0.1, -0.05) is 24.3 Å². The van der Waals surface area contributed by atoms with Crippen LogP contribution in [-0.4, -0.2) is 19.2 Å². The molecule has 0 saturated carbocycles. The van der Waals surface area contributed by atoms with E-state index in [1.807, 2.05) is 43.3 Å². The molecule has 0 saturated heterocycles. The second kappa shape index (κ2) is 5.22. The molecule has 2 aromatic carbocycles. The van der Waals surface area contributed by atoms with E-state index in [0.717, 1.165) is 5.69 Å². The van der Waals surface area contributed by atoms with Crippen molar-refractivity contribution in [3.8, 4) is 0 Å². The Morgan fingerprint density at radius 1 is 1.10 bits per heavy atom. The predicted molar refractivity (Wildman–Crippen MR) is 81.0 cm³/mol. The summed E-state index contributed by atoms with van der Waals surface area (Å²) in [6.07, 6.45) is -0.920. The minimum Gasteiger partial charge on any atom is -0.455 e. The van der Waals surface area contributed by atoms with Gasteiger partial charge in [0.2, 0.25) is 0 Å². The second-order valence-corrected chi connectivity index (χ2v) is 5.20. The molecule has 1 atom stereocenters. The normalized spacial score (nSPS) is 12.6. The fourth-order valence-electron chi connectivity index (χ4n) is 2.32. The van der Waals surface area contributed by atoms with Crippen LogP contribution in [0.25, 0.3) is 11.0 Å². The quantitative estimate of drug-likeness (QED) is 0.797. The number of rotatable bonds is 3. The molecule has 0 bridgehead atoms. The Labute approximate surface area is 122 Å². The molecular weight excluding hydrogens is 269 g/mol. The minimum atomic E-state index is -0.920. The van der Waals surface area contributed by atoms with E-state index >= 15 is 0 Å². The van der Waals surface area contributed by atoms with Crippen molar-refractivity contribution in [2.24, 2.45) is 0 Å². The fourth-order valence-corrected chi connectivity index (χ4v) is 2.32. The zero-order valence-corrected chi connectivity index (χ0v) is 11.9. The number of hydrogen-bond acceptors (Lipinski definition) is 3. The third-order valence-corrected chi connectivity index (χ3v) is 3.49. The molecule has 21 heavy (non-hydrogen) atoms. The van der Waals surface area contributed by atoms with Gasteiger partial charge in [-0.05, 0) is 29.8 Å². The Hall–Kier alpha value is -2.33. The van der Waals surface area contributed by atoms with Crippen LogP contribution in [0.1, 0.15) is 17.4 Å². The van der Waals surface area contributed by atoms with Crippen LogP contribution < -0.4 is 4.90 Å². The molecule has 1 heterocycles. The van der Waals surface area contributed by atoms with Crippen LogP contribution in [0.3, 0.4) is 0 Å². The Morgan fingerprint density at radius 2 is 1.86 bits per heavy atom. The summed E-state index contributed by atoms with van der Waals surface area (Å²) in [6.45, 7) is 0. The first kappa shape index (κ1) is 13.6. The number of benzene rings is 2. The van der Waals surface area contributed by atoms with Crippen LogP contribution in [0.5, 0.6) is 0 Å². The number of para-hydroxylation sites is 1. The SMILES string of the molecule is CN(C)c1cccc(C(O)c2cc3cccc(F)c3o2)c1. The number of nitrogens with zero attached hydrogens (tertiary/aromatic N) is 1. The van der Waals surface area contributed by atoms with E-state index in [4.69, 9.17) is 4.42 Å². The summed E-state index contributed by atoms with van der Waals surface area (Å²) in [7, 11) is 3.87. The molecule has 108 valence electrons. The molecule has 0 amide bonds. The molecule has 0 aliphatic rings. The molecule has 1 N–H and O–H groups in total. The lowest BCUT2D eigenvalue weighted by molar-refractivity contribution is 0.192. The maximum Gasteiger partial charge on any atom is 0.170 e. The van der Waals surface area contributed by atoms with Crippen molar-refractivity contribution in [1.82, 2.24) is 0 Å². The van der Waals surface area contributed by atoms with Crippen molar-refractivity contribution in [3.63, 3.8) is 0 Å². The average Bonchev–Trinajstić information content (AvgIpc) is 2.92. The predicted octanol–water partition coefficient (Wildman–Crippen LogP) is 3.72. The molecule has 0 spiro atoms. The van der Waals surface area contributed by atoms with Gasteiger partial charge < -0.3 is 14.4 Å². The van der Waals surface area contributed by atoms with Crippen LogP contribution in [0, 0.1) is 5.82 Å². The summed E-state index contributed by atoms with van der Waals surface area (Å²) in [6, 6.07) is 13.9. The topological polar surface area (TPSA) is 36.6 Å². The molecule has 0 radical (unpaired) electrons. The fraction of sp³-hybridized carbons (Fsp3) is 0.176. The first-order valence-corrected chi connectivity index (χ1v) is 6.69. The number of anilines is 1. The van der Waals surface area contributed by atoms with Gasteiger partial charge in [-0.3, -0.25) is 0 Å². The van der Waals surface area contributed by atoms with Crippen molar-refractivity contribution in [2.45, 2.75) is 6.10 Å². The molecule has 0 fully saturated rings. The Balaban J connectivity index is 2.02. The molecule has 3 nitrogen and oxygen atoms in total. The maximum absolute atomic E-state index is 13.7. The summed E-state index contributed by atoms with van der Waals surface area (Å²) in [5.41, 5.74) is 1.87. The van der Waals surface area contributed by atoms with E-state index < -0.39 is 11.9 Å². The highest BCUT2D eigenvalue weighted by Gasteiger charge is 2.17. The number of aliphatic hydroxyl groups excluding tert-OH is 1. The molecule has 1 unspecified atom stereocenters. The number of aliphatic hydroxyl groups is 1. The summed E-state index contributed by atoms with van der Waals surface area (Å²) in [5, 5.41) is 11.1. The molecule has 4 heteroatoms. The van der Waals surface area contributed by atoms with Gasteiger partial charge >= 0.3 is 0 Å². The van der Waals surface area contributed by atoms with Gasteiger partial charge in [0.05, 0.1) is 0 Å². The number of fused-ring (bicyclic) bond motifs is 1. The smallest absolute Gasteiger partial charge is 0.170 e. The molecular formula is C17H16FNO2. The third-order valence-electron chi connectivity index (χ3n) is 3.49. The standard InChI is InChI=1S/C17H16FNO2/c1-19(2)13-7-3-5-11(9-13)16(20)15-10-12-6-4-8-14(18)17(12)21-15/h3-10,16,20H,1-2H3. The lowest BCUT2D eigenvalue weighted by Crippen LogP contribution is -2.09. The average molecular weight is 285 g/mol. The van der Waals surface area contributed by atoms with Gasteiger partial charge in [-0.15, -0.1) is 0 Å². The van der Waals surface area contributed by atoms with Crippen molar-refractivity contribution >= 4 is 16.7 Å². The third kappa shape index (κ3) is 2.50. The molecule has 1 aromatic heterocycles. The van der Waals surface area contributed by atoms with E-state index in [0.29, 0.717) is 16.7 Å². The summed E-state index contributed by atoms with van der Waals surface area (Å²) >= 11 is 0. The molecule has 3 aromatic rings. The van der Waals surface area contributed by atoms with Crippen LogP contribution in [0.2, 0.25) is 0 Å². The van der Waals surface area contributed by atoms with Crippen LogP contribution in [0.4, 0.5) is 10.1 Å². The van der Waals surface area contributed by atoms with Gasteiger partial charge in [0.1, 0.15) is 11.9 Å². The van der Waals surface area contributed by atoms with E-state index in [9.17, 15) is 9.50 Å². The van der Waals surface area contributed by atoms with E-state index in [-0.39, 0.29) is 5.58 Å². The van der Waals surface area contributed by atoms with Crippen LogP contribution in [0.15, 0.2) is 52.9 Å². The van der Waals surface area contributed by atoms with Crippen LogP contribution in [-0.2, 0) is 0 Å². The van der Waals surface area contributed by atoms with Gasteiger partial charge in [0, 0.05) is 25.2 Å². The molecule has 3 rings (SSSR count). The largest absolute Gasteiger partial charge is 0.455 e. The second-order valence-electron chi connectivity index (χ2n) is 5.20. The number of halogens is 1. The van der Waals surface area contributed by atoms with E-state index in [1.54, 1.807) is 18.2 Å². The zero-order chi connectivity index (χ0) is 15.0. The highest BCUT2D eigenvalue weighted by Crippen LogP contribution is 2.30. The maximum atomic E-state index is 13.7. The highest BCUT2D eigenvalue weighted by atomic mass is 19.1. The van der Waals surface area contributed by atoms with Gasteiger partial charge in [-0.2, -0.15) is 0 Å².